The van der Waals surface area contributed by atoms with Gasteiger partial charge in [-0.05, 0) is 42.3 Å². The summed E-state index contributed by atoms with van der Waals surface area (Å²) >= 11 is 0. The summed E-state index contributed by atoms with van der Waals surface area (Å²) in [5, 5.41) is 11.0. The van der Waals surface area contributed by atoms with Gasteiger partial charge in [0.25, 0.3) is 11.7 Å². The summed E-state index contributed by atoms with van der Waals surface area (Å²) in [7, 11) is 3.08. The maximum Gasteiger partial charge on any atom is 0.295 e. The van der Waals surface area contributed by atoms with Gasteiger partial charge in [0.1, 0.15) is 11.5 Å². The fraction of sp³-hybridized carbons (Fsp3) is 0.286. The van der Waals surface area contributed by atoms with Crippen molar-refractivity contribution >= 4 is 17.4 Å². The number of likely N-dealkylation sites (tertiary alicyclic amines) is 1. The lowest BCUT2D eigenvalue weighted by molar-refractivity contribution is -0.140. The average Bonchev–Trinajstić information content (AvgIpc) is 2.97. The molecule has 1 saturated heterocycles. The Bertz CT molecular complexity index is 924. The van der Waals surface area contributed by atoms with Crippen molar-refractivity contribution in [3.63, 3.8) is 0 Å². The lowest BCUT2D eigenvalue weighted by Gasteiger charge is -2.24. The standard InChI is InChI=1S/C21H22N2O5/c1-13-11-14(6-7-16(13)28-3)19(24)17-18(15-5-4-8-22-12-15)23(9-10-27-2)21(26)20(17)25/h4-8,11-12,18,24H,9-10H2,1-3H3/b19-17+. The number of pyridine rings is 1. The third kappa shape index (κ3) is 3.48. The summed E-state index contributed by atoms with van der Waals surface area (Å²) in [5.74, 6) is -0.951. The van der Waals surface area contributed by atoms with Crippen LogP contribution in [0.2, 0.25) is 0 Å². The van der Waals surface area contributed by atoms with Crippen LogP contribution in [0.15, 0.2) is 48.3 Å². The summed E-state index contributed by atoms with van der Waals surface area (Å²) in [6.07, 6.45) is 3.20. The molecule has 146 valence electrons. The van der Waals surface area contributed by atoms with Gasteiger partial charge in [-0.2, -0.15) is 0 Å². The molecule has 1 aliphatic rings. The Morgan fingerprint density at radius 1 is 1.25 bits per heavy atom. The molecule has 0 aliphatic carbocycles. The van der Waals surface area contributed by atoms with Gasteiger partial charge >= 0.3 is 0 Å². The van der Waals surface area contributed by atoms with Crippen LogP contribution in [0.1, 0.15) is 22.7 Å². The van der Waals surface area contributed by atoms with Gasteiger partial charge in [-0.1, -0.05) is 6.07 Å². The molecule has 28 heavy (non-hydrogen) atoms. The number of ether oxygens (including phenoxy) is 2. The Hall–Kier alpha value is -3.19. The zero-order valence-electron chi connectivity index (χ0n) is 16.0. The van der Waals surface area contributed by atoms with Crippen LogP contribution in [-0.2, 0) is 14.3 Å². The topological polar surface area (TPSA) is 89.0 Å². The number of hydrogen-bond donors (Lipinski definition) is 1. The quantitative estimate of drug-likeness (QED) is 0.469. The van der Waals surface area contributed by atoms with E-state index in [1.807, 2.05) is 6.92 Å². The van der Waals surface area contributed by atoms with Crippen molar-refractivity contribution in [2.45, 2.75) is 13.0 Å². The minimum Gasteiger partial charge on any atom is -0.507 e. The smallest absolute Gasteiger partial charge is 0.295 e. The molecule has 1 unspecified atom stereocenters. The number of carbonyl (C=O) groups is 2. The van der Waals surface area contributed by atoms with Gasteiger partial charge in [0, 0.05) is 31.6 Å². The van der Waals surface area contributed by atoms with Crippen LogP contribution in [0.25, 0.3) is 5.76 Å². The first kappa shape index (κ1) is 19.6. The number of hydrogen-bond acceptors (Lipinski definition) is 6. The average molecular weight is 382 g/mol. The van der Waals surface area contributed by atoms with Crippen molar-refractivity contribution in [3.8, 4) is 5.75 Å². The van der Waals surface area contributed by atoms with Crippen molar-refractivity contribution in [1.82, 2.24) is 9.88 Å². The summed E-state index contributed by atoms with van der Waals surface area (Å²) < 4.78 is 10.3. The molecule has 1 atom stereocenters. The van der Waals surface area contributed by atoms with E-state index >= 15 is 0 Å². The van der Waals surface area contributed by atoms with Crippen molar-refractivity contribution in [3.05, 3.63) is 65.0 Å². The SMILES string of the molecule is COCCN1C(=O)C(=O)/C(=C(/O)c2ccc(OC)c(C)c2)C1c1cccnc1. The van der Waals surface area contributed by atoms with Gasteiger partial charge in [0.2, 0.25) is 0 Å². The number of nitrogens with zero attached hydrogens (tertiary/aromatic N) is 2. The van der Waals surface area contributed by atoms with Crippen LogP contribution in [0.5, 0.6) is 5.75 Å². The van der Waals surface area contributed by atoms with Crippen LogP contribution < -0.4 is 4.74 Å². The molecule has 0 spiro atoms. The van der Waals surface area contributed by atoms with Crippen LogP contribution >= 0.6 is 0 Å². The number of aryl methyl sites for hydroxylation is 1. The van der Waals surface area contributed by atoms with Gasteiger partial charge in [-0.3, -0.25) is 14.6 Å². The predicted molar refractivity (Wildman–Crippen MR) is 103 cm³/mol. The number of rotatable bonds is 6. The van der Waals surface area contributed by atoms with E-state index in [-0.39, 0.29) is 24.5 Å². The van der Waals surface area contributed by atoms with E-state index in [9.17, 15) is 14.7 Å². The molecular formula is C21H22N2O5. The summed E-state index contributed by atoms with van der Waals surface area (Å²) in [4.78, 5) is 30.9. The van der Waals surface area contributed by atoms with Crippen molar-refractivity contribution in [1.29, 1.82) is 0 Å². The normalized spacial score (nSPS) is 18.5. The van der Waals surface area contributed by atoms with Gasteiger partial charge < -0.3 is 19.5 Å². The molecule has 2 heterocycles. The summed E-state index contributed by atoms with van der Waals surface area (Å²) in [6, 6.07) is 7.86. The number of methoxy groups -OCH3 is 2. The van der Waals surface area contributed by atoms with Crippen LogP contribution in [0, 0.1) is 6.92 Å². The number of ketones is 1. The first-order chi connectivity index (χ1) is 13.5. The molecule has 7 nitrogen and oxygen atoms in total. The fourth-order valence-corrected chi connectivity index (χ4v) is 3.37. The highest BCUT2D eigenvalue weighted by molar-refractivity contribution is 6.46. The number of Topliss-reactive ketones (excluding diaryl/α,β-unsaturated/α-hetero) is 1. The van der Waals surface area contributed by atoms with Crippen molar-refractivity contribution < 1.29 is 24.2 Å². The van der Waals surface area contributed by atoms with Crippen molar-refractivity contribution in [2.75, 3.05) is 27.4 Å². The number of aliphatic hydroxyl groups excluding tert-OH is 1. The largest absolute Gasteiger partial charge is 0.507 e. The highest BCUT2D eigenvalue weighted by Gasteiger charge is 2.45. The highest BCUT2D eigenvalue weighted by atomic mass is 16.5. The van der Waals surface area contributed by atoms with Gasteiger partial charge in [-0.15, -0.1) is 0 Å². The van der Waals surface area contributed by atoms with E-state index in [2.05, 4.69) is 4.98 Å². The number of benzene rings is 1. The molecule has 2 aromatic rings. The maximum atomic E-state index is 12.8. The lowest BCUT2D eigenvalue weighted by atomic mass is 9.95. The second-order valence-corrected chi connectivity index (χ2v) is 6.46. The van der Waals surface area contributed by atoms with E-state index in [4.69, 9.17) is 9.47 Å². The van der Waals surface area contributed by atoms with Gasteiger partial charge in [-0.25, -0.2) is 0 Å². The van der Waals surface area contributed by atoms with E-state index in [1.165, 1.54) is 12.0 Å². The fourth-order valence-electron chi connectivity index (χ4n) is 3.37. The number of carbonyl (C=O) groups excluding carboxylic acids is 2. The first-order valence-corrected chi connectivity index (χ1v) is 8.81. The molecule has 1 fully saturated rings. The Kier molecular flexibility index (Phi) is 5.75. The third-order valence-corrected chi connectivity index (χ3v) is 4.74. The Labute approximate surface area is 163 Å². The second kappa shape index (κ2) is 8.22. The Balaban J connectivity index is 2.15. The molecule has 1 aromatic heterocycles. The molecule has 1 amide bonds. The molecule has 7 heteroatoms. The highest BCUT2D eigenvalue weighted by Crippen LogP contribution is 2.39. The van der Waals surface area contributed by atoms with Crippen LogP contribution in [0.4, 0.5) is 0 Å². The number of aliphatic hydroxyl groups is 1. The third-order valence-electron chi connectivity index (χ3n) is 4.74. The monoisotopic (exact) mass is 382 g/mol. The number of amides is 1. The molecule has 1 aromatic carbocycles. The molecule has 0 bridgehead atoms. The number of aromatic nitrogens is 1. The minimum atomic E-state index is -0.730. The van der Waals surface area contributed by atoms with E-state index in [0.29, 0.717) is 16.9 Å². The van der Waals surface area contributed by atoms with E-state index in [1.54, 1.807) is 49.8 Å². The van der Waals surface area contributed by atoms with Gasteiger partial charge in [0.15, 0.2) is 0 Å². The molecule has 1 N–H and O–H groups in total. The maximum absolute atomic E-state index is 12.8. The molecular weight excluding hydrogens is 360 g/mol. The van der Waals surface area contributed by atoms with Crippen LogP contribution in [0.3, 0.4) is 0 Å². The van der Waals surface area contributed by atoms with Crippen LogP contribution in [-0.4, -0.2) is 54.1 Å². The molecule has 3 rings (SSSR count). The Morgan fingerprint density at radius 2 is 2.04 bits per heavy atom. The minimum absolute atomic E-state index is 0.0404. The first-order valence-electron chi connectivity index (χ1n) is 8.81. The summed E-state index contributed by atoms with van der Waals surface area (Å²) in [6.45, 7) is 2.33. The van der Waals surface area contributed by atoms with E-state index in [0.717, 1.165) is 5.56 Å². The summed E-state index contributed by atoms with van der Waals surface area (Å²) in [5.41, 5.74) is 1.93. The Morgan fingerprint density at radius 3 is 2.64 bits per heavy atom. The molecule has 0 radical (unpaired) electrons. The second-order valence-electron chi connectivity index (χ2n) is 6.46. The van der Waals surface area contributed by atoms with Gasteiger partial charge in [0.05, 0.1) is 25.3 Å². The lowest BCUT2D eigenvalue weighted by Crippen LogP contribution is -2.32. The van der Waals surface area contributed by atoms with E-state index < -0.39 is 17.7 Å². The predicted octanol–water partition coefficient (Wildman–Crippen LogP) is 2.47. The zero-order chi connectivity index (χ0) is 20.3. The molecule has 0 saturated carbocycles. The zero-order valence-corrected chi connectivity index (χ0v) is 16.0. The molecule has 1 aliphatic heterocycles. The van der Waals surface area contributed by atoms with Crippen molar-refractivity contribution in [2.24, 2.45) is 0 Å².